The van der Waals surface area contributed by atoms with Gasteiger partial charge in [0.25, 0.3) is 5.91 Å². The van der Waals surface area contributed by atoms with Crippen LogP contribution in [-0.4, -0.2) is 125 Å². The second kappa shape index (κ2) is 19.7. The Labute approximate surface area is 382 Å². The molecule has 1 aromatic carbocycles. The van der Waals surface area contributed by atoms with Gasteiger partial charge in [-0.2, -0.15) is 0 Å². The molecule has 5 heterocycles. The van der Waals surface area contributed by atoms with Gasteiger partial charge in [-0.05, 0) is 108 Å². The van der Waals surface area contributed by atoms with Crippen LogP contribution in [0.5, 0.6) is 0 Å². The summed E-state index contributed by atoms with van der Waals surface area (Å²) in [7, 11) is 2.97. The predicted octanol–water partition coefficient (Wildman–Crippen LogP) is 6.58. The number of halogens is 1. The van der Waals surface area contributed by atoms with Crippen LogP contribution in [0.2, 0.25) is 0 Å². The van der Waals surface area contributed by atoms with Gasteiger partial charge >= 0.3 is 12.1 Å². The minimum atomic E-state index is -1.29. The number of piperazine rings is 1. The lowest BCUT2D eigenvalue weighted by Gasteiger charge is -2.36. The molecule has 4 aromatic rings. The number of aromatic nitrogens is 3. The zero-order valence-electron chi connectivity index (χ0n) is 39.5. The minimum absolute atomic E-state index is 0.0355. The molecular formula is C49H67FN8O7. The number of alkyl carbamates (subject to hydrolysis) is 1. The summed E-state index contributed by atoms with van der Waals surface area (Å²) in [6.45, 7) is 18.1. The Morgan fingerprint density at radius 3 is 2.38 bits per heavy atom. The fourth-order valence-electron chi connectivity index (χ4n) is 9.06. The quantitative estimate of drug-likeness (QED) is 0.110. The van der Waals surface area contributed by atoms with Crippen LogP contribution >= 0.6 is 0 Å². The van der Waals surface area contributed by atoms with Gasteiger partial charge in [0.1, 0.15) is 23.5 Å². The zero-order chi connectivity index (χ0) is 46.8. The molecular weight excluding hydrogens is 832 g/mol. The summed E-state index contributed by atoms with van der Waals surface area (Å²) in [4.78, 5) is 54.6. The second-order valence-electron chi connectivity index (χ2n) is 19.4. The van der Waals surface area contributed by atoms with Gasteiger partial charge in [-0.3, -0.25) is 24.5 Å². The highest BCUT2D eigenvalue weighted by atomic mass is 19.1. The number of hydrazine groups is 1. The lowest BCUT2D eigenvalue weighted by molar-refractivity contribution is -0.150. The lowest BCUT2D eigenvalue weighted by atomic mass is 9.84. The van der Waals surface area contributed by atoms with E-state index in [2.05, 4.69) is 50.2 Å². The van der Waals surface area contributed by atoms with Crippen molar-refractivity contribution in [3.05, 3.63) is 65.4 Å². The van der Waals surface area contributed by atoms with Crippen LogP contribution in [0.25, 0.3) is 33.4 Å². The van der Waals surface area contributed by atoms with Crippen molar-refractivity contribution in [3.63, 3.8) is 0 Å². The monoisotopic (exact) mass is 899 g/mol. The van der Waals surface area contributed by atoms with Gasteiger partial charge in [0.2, 0.25) is 0 Å². The number of methoxy groups -OCH3 is 2. The summed E-state index contributed by atoms with van der Waals surface area (Å²) in [6.07, 6.45) is 4.60. The molecule has 3 fully saturated rings. The average molecular weight is 899 g/mol. The van der Waals surface area contributed by atoms with Gasteiger partial charge in [-0.1, -0.05) is 19.9 Å². The zero-order valence-corrected chi connectivity index (χ0v) is 39.5. The van der Waals surface area contributed by atoms with E-state index in [0.717, 1.165) is 71.3 Å². The molecule has 15 nitrogen and oxygen atoms in total. The molecule has 3 N–H and O–H groups in total. The number of esters is 1. The fourth-order valence-corrected chi connectivity index (χ4v) is 9.06. The van der Waals surface area contributed by atoms with Gasteiger partial charge in [-0.25, -0.2) is 19.6 Å². The number of carbonyl (C=O) groups is 3. The number of benzene rings is 1. The fraction of sp³-hybridized carbons (Fsp3) is 0.571. The maximum Gasteiger partial charge on any atom is 0.408 e. The van der Waals surface area contributed by atoms with Crippen LogP contribution in [0.1, 0.15) is 97.2 Å². The third-order valence-electron chi connectivity index (χ3n) is 12.7. The Morgan fingerprint density at radius 2 is 1.74 bits per heavy atom. The Kier molecular flexibility index (Phi) is 14.5. The van der Waals surface area contributed by atoms with Crippen molar-refractivity contribution in [1.82, 2.24) is 35.2 Å². The van der Waals surface area contributed by atoms with E-state index in [0.29, 0.717) is 37.1 Å². The molecule has 352 valence electrons. The van der Waals surface area contributed by atoms with Gasteiger partial charge in [0, 0.05) is 87.5 Å². The maximum absolute atomic E-state index is 15.9. The summed E-state index contributed by atoms with van der Waals surface area (Å²) in [5.74, 6) is -1.75. The Bertz CT molecular complexity index is 2370. The molecule has 65 heavy (non-hydrogen) atoms. The standard InChI is InChI=1S/C49H67FN8O7/c1-10-57-42-18-13-31(38-17-16-37(50)40(52-38)26-41(53-47(62)65-48(3,4)5)45(60)58-19-11-12-39(54-58)46(61)64-9)24-34(42)36(27-49(6,7)29-59)44(57)35-25-33(28-51-43(35)30(2)63-8)56-22-20-55(21-23-56)32-14-15-32/h13,16-18,24-25,28,30,32,39,41,54,59H,10-12,14-15,19-23,26-27,29H2,1-9H3,(H,53,62)/t30-,39-,41-/m0/s1. The normalized spacial score (nSPS) is 18.4. The number of hydrogen-bond donors (Lipinski definition) is 3. The molecule has 7 rings (SSSR count). The van der Waals surface area contributed by atoms with Crippen molar-refractivity contribution in [1.29, 1.82) is 0 Å². The van der Waals surface area contributed by atoms with Crippen LogP contribution in [0, 0.1) is 11.2 Å². The van der Waals surface area contributed by atoms with Crippen LogP contribution in [-0.2, 0) is 43.2 Å². The number of hydrogen-bond acceptors (Lipinski definition) is 12. The molecule has 0 spiro atoms. The smallest absolute Gasteiger partial charge is 0.408 e. The van der Waals surface area contributed by atoms with Crippen molar-refractivity contribution in [2.75, 3.05) is 58.5 Å². The van der Waals surface area contributed by atoms with Gasteiger partial charge in [0.05, 0.1) is 47.9 Å². The van der Waals surface area contributed by atoms with Gasteiger partial charge in [0.15, 0.2) is 0 Å². The first-order valence-corrected chi connectivity index (χ1v) is 23.0. The number of rotatable bonds is 15. The number of amides is 2. The summed E-state index contributed by atoms with van der Waals surface area (Å²) in [6, 6.07) is 9.94. The first-order chi connectivity index (χ1) is 30.9. The van der Waals surface area contributed by atoms with Crippen molar-refractivity contribution in [3.8, 4) is 22.5 Å². The number of nitrogens with one attached hydrogen (secondary N) is 2. The number of fused-ring (bicyclic) bond motifs is 1. The largest absolute Gasteiger partial charge is 0.468 e. The highest BCUT2D eigenvalue weighted by Gasteiger charge is 2.36. The average Bonchev–Trinajstić information content (AvgIpc) is 4.11. The minimum Gasteiger partial charge on any atom is -0.468 e. The van der Waals surface area contributed by atoms with Crippen LogP contribution in [0.4, 0.5) is 14.9 Å². The topological polar surface area (TPSA) is 164 Å². The highest BCUT2D eigenvalue weighted by molar-refractivity contribution is 5.95. The number of ether oxygens (including phenoxy) is 3. The molecule has 3 atom stereocenters. The molecule has 0 bridgehead atoms. The van der Waals surface area contributed by atoms with Crippen LogP contribution in [0.3, 0.4) is 0 Å². The summed E-state index contributed by atoms with van der Waals surface area (Å²) >= 11 is 0. The van der Waals surface area contributed by atoms with E-state index in [4.69, 9.17) is 24.2 Å². The molecule has 3 aliphatic rings. The summed E-state index contributed by atoms with van der Waals surface area (Å²) < 4.78 is 34.6. The van der Waals surface area contributed by atoms with Crippen molar-refractivity contribution in [2.24, 2.45) is 5.41 Å². The number of anilines is 1. The summed E-state index contributed by atoms with van der Waals surface area (Å²) in [5, 5.41) is 15.6. The van der Waals surface area contributed by atoms with Gasteiger partial charge < -0.3 is 34.1 Å². The van der Waals surface area contributed by atoms with E-state index < -0.39 is 46.9 Å². The van der Waals surface area contributed by atoms with Crippen LogP contribution in [0.15, 0.2) is 42.6 Å². The highest BCUT2D eigenvalue weighted by Crippen LogP contribution is 2.43. The molecule has 3 aromatic heterocycles. The summed E-state index contributed by atoms with van der Waals surface area (Å²) in [5.41, 5.74) is 8.61. The molecule has 0 unspecified atom stereocenters. The second-order valence-corrected chi connectivity index (χ2v) is 19.4. The predicted molar refractivity (Wildman–Crippen MR) is 248 cm³/mol. The van der Waals surface area contributed by atoms with Crippen molar-refractivity contribution >= 4 is 34.6 Å². The lowest BCUT2D eigenvalue weighted by Crippen LogP contribution is -2.60. The van der Waals surface area contributed by atoms with E-state index in [9.17, 15) is 19.5 Å². The number of aliphatic hydroxyl groups is 1. The Morgan fingerprint density at radius 1 is 1.00 bits per heavy atom. The SMILES string of the molecule is CCn1c(-c2cc(N3CCN(C4CC4)CC3)cnc2[C@H](C)OC)c(CC(C)(C)CO)c2cc(-c3ccc(F)c(C[C@H](NC(=O)OC(C)(C)C)C(=O)N4CCC[C@@H](C(=O)OC)N4)n3)ccc21. The molecule has 16 heteroatoms. The van der Waals surface area contributed by atoms with E-state index in [1.165, 1.54) is 31.0 Å². The molecule has 1 saturated carbocycles. The number of aryl methyl sites for hydroxylation is 1. The van der Waals surface area contributed by atoms with Gasteiger partial charge in [-0.15, -0.1) is 0 Å². The molecule has 2 aliphatic heterocycles. The van der Waals surface area contributed by atoms with E-state index >= 15 is 4.39 Å². The maximum atomic E-state index is 15.9. The number of nitrogens with zero attached hydrogens (tertiary/aromatic N) is 6. The molecule has 2 amide bonds. The van der Waals surface area contributed by atoms with Crippen molar-refractivity contribution in [2.45, 2.75) is 123 Å². The Balaban J connectivity index is 1.29. The molecule has 0 radical (unpaired) electrons. The Hall–Kier alpha value is -5.16. The number of carbonyl (C=O) groups excluding carboxylic acids is 3. The number of pyridine rings is 2. The number of aliphatic hydroxyl groups excluding tert-OH is 1. The van der Waals surface area contributed by atoms with E-state index in [1.54, 1.807) is 33.9 Å². The van der Waals surface area contributed by atoms with Crippen LogP contribution < -0.4 is 15.6 Å². The molecule has 1 aliphatic carbocycles. The third kappa shape index (κ3) is 10.9. The van der Waals surface area contributed by atoms with Crippen molar-refractivity contribution < 1.29 is 38.1 Å². The third-order valence-corrected chi connectivity index (χ3v) is 12.7. The molecule has 2 saturated heterocycles. The van der Waals surface area contributed by atoms with E-state index in [1.807, 2.05) is 33.0 Å². The first kappa shape index (κ1) is 47.8. The van der Waals surface area contributed by atoms with E-state index in [-0.39, 0.29) is 31.4 Å². The first-order valence-electron chi connectivity index (χ1n) is 23.0.